The molecule has 0 amide bonds. The molecule has 0 unspecified atom stereocenters. The summed E-state index contributed by atoms with van der Waals surface area (Å²) in [5.74, 6) is -1.05. The van der Waals surface area contributed by atoms with Crippen molar-refractivity contribution in [2.24, 2.45) is 0 Å². The van der Waals surface area contributed by atoms with Gasteiger partial charge in [0.2, 0.25) is 0 Å². The van der Waals surface area contributed by atoms with Crippen LogP contribution in [0.2, 0.25) is 10.0 Å². The van der Waals surface area contributed by atoms with Crippen LogP contribution in [0.15, 0.2) is 36.5 Å². The Morgan fingerprint density at radius 1 is 1.28 bits per heavy atom. The van der Waals surface area contributed by atoms with Crippen LogP contribution in [0.4, 0.5) is 4.39 Å². The number of Topliss-reactive ketones (excluding diaryl/α,β-unsaturated/α-hetero) is 1. The first-order chi connectivity index (χ1) is 8.58. The van der Waals surface area contributed by atoms with Gasteiger partial charge in [0.1, 0.15) is 5.69 Å². The summed E-state index contributed by atoms with van der Waals surface area (Å²) in [5, 5.41) is 0.868. The number of hydrogen-bond donors (Lipinski definition) is 0. The third-order valence-electron chi connectivity index (χ3n) is 2.39. The molecule has 92 valence electrons. The van der Waals surface area contributed by atoms with E-state index in [4.69, 9.17) is 23.2 Å². The van der Waals surface area contributed by atoms with Crippen molar-refractivity contribution in [3.05, 3.63) is 63.6 Å². The van der Waals surface area contributed by atoms with E-state index < -0.39 is 11.6 Å². The number of halogens is 3. The van der Waals surface area contributed by atoms with Gasteiger partial charge in [0, 0.05) is 22.7 Å². The Morgan fingerprint density at radius 3 is 2.72 bits per heavy atom. The number of aromatic nitrogens is 1. The zero-order valence-electron chi connectivity index (χ0n) is 9.16. The molecular formula is C13H8Cl2FNO. The van der Waals surface area contributed by atoms with Crippen LogP contribution < -0.4 is 0 Å². The van der Waals surface area contributed by atoms with Crippen LogP contribution in [0.25, 0.3) is 0 Å². The van der Waals surface area contributed by atoms with Gasteiger partial charge in [-0.2, -0.15) is 0 Å². The van der Waals surface area contributed by atoms with Gasteiger partial charge in [-0.15, -0.1) is 0 Å². The zero-order chi connectivity index (χ0) is 13.1. The molecule has 0 saturated heterocycles. The van der Waals surface area contributed by atoms with Crippen molar-refractivity contribution in [2.45, 2.75) is 6.42 Å². The van der Waals surface area contributed by atoms with E-state index in [1.54, 1.807) is 18.2 Å². The SMILES string of the molecule is O=C(Cc1ccc(Cl)cc1Cl)c1ncccc1F. The summed E-state index contributed by atoms with van der Waals surface area (Å²) in [5.41, 5.74) is 0.416. The lowest BCUT2D eigenvalue weighted by atomic mass is 10.1. The molecule has 2 nitrogen and oxygen atoms in total. The number of carbonyl (C=O) groups is 1. The van der Waals surface area contributed by atoms with E-state index in [-0.39, 0.29) is 12.1 Å². The van der Waals surface area contributed by atoms with Gasteiger partial charge in [-0.25, -0.2) is 4.39 Å². The van der Waals surface area contributed by atoms with E-state index in [0.717, 1.165) is 0 Å². The number of benzene rings is 1. The fraction of sp³-hybridized carbons (Fsp3) is 0.0769. The lowest BCUT2D eigenvalue weighted by Crippen LogP contribution is -2.08. The molecule has 0 N–H and O–H groups in total. The van der Waals surface area contributed by atoms with E-state index in [2.05, 4.69) is 4.98 Å². The Kier molecular flexibility index (Phi) is 3.94. The average molecular weight is 284 g/mol. The van der Waals surface area contributed by atoms with Gasteiger partial charge in [0.15, 0.2) is 11.6 Å². The van der Waals surface area contributed by atoms with Crippen LogP contribution in [0.3, 0.4) is 0 Å². The van der Waals surface area contributed by atoms with Gasteiger partial charge in [-0.05, 0) is 29.8 Å². The molecule has 0 spiro atoms. The highest BCUT2D eigenvalue weighted by Gasteiger charge is 2.14. The van der Waals surface area contributed by atoms with E-state index in [1.165, 1.54) is 18.3 Å². The number of carbonyl (C=O) groups excluding carboxylic acids is 1. The summed E-state index contributed by atoms with van der Waals surface area (Å²) in [6, 6.07) is 7.44. The van der Waals surface area contributed by atoms with E-state index in [0.29, 0.717) is 15.6 Å². The number of nitrogens with zero attached hydrogens (tertiary/aromatic N) is 1. The summed E-state index contributed by atoms with van der Waals surface area (Å²) in [7, 11) is 0. The highest BCUT2D eigenvalue weighted by molar-refractivity contribution is 6.35. The van der Waals surface area contributed by atoms with Crippen LogP contribution in [-0.2, 0) is 6.42 Å². The topological polar surface area (TPSA) is 30.0 Å². The van der Waals surface area contributed by atoms with E-state index >= 15 is 0 Å². The summed E-state index contributed by atoms with van der Waals surface area (Å²) in [6.07, 6.45) is 1.36. The largest absolute Gasteiger partial charge is 0.292 e. The van der Waals surface area contributed by atoms with Crippen molar-refractivity contribution >= 4 is 29.0 Å². The van der Waals surface area contributed by atoms with Crippen molar-refractivity contribution in [2.75, 3.05) is 0 Å². The maximum atomic E-state index is 13.4. The highest BCUT2D eigenvalue weighted by atomic mass is 35.5. The van der Waals surface area contributed by atoms with Crippen molar-refractivity contribution in [1.29, 1.82) is 0 Å². The van der Waals surface area contributed by atoms with Gasteiger partial charge < -0.3 is 0 Å². The van der Waals surface area contributed by atoms with Gasteiger partial charge in [0.05, 0.1) is 0 Å². The predicted octanol–water partition coefficient (Wildman–Crippen LogP) is 3.95. The number of ketones is 1. The third kappa shape index (κ3) is 2.86. The van der Waals surface area contributed by atoms with Crippen molar-refractivity contribution in [3.63, 3.8) is 0 Å². The monoisotopic (exact) mass is 283 g/mol. The Labute approximate surface area is 113 Å². The molecular weight excluding hydrogens is 276 g/mol. The van der Waals surface area contributed by atoms with Crippen LogP contribution in [0, 0.1) is 5.82 Å². The Morgan fingerprint density at radius 2 is 2.06 bits per heavy atom. The van der Waals surface area contributed by atoms with Gasteiger partial charge in [-0.3, -0.25) is 9.78 Å². The zero-order valence-corrected chi connectivity index (χ0v) is 10.7. The molecule has 0 radical (unpaired) electrons. The van der Waals surface area contributed by atoms with Crippen molar-refractivity contribution in [1.82, 2.24) is 4.98 Å². The molecule has 2 aromatic rings. The maximum absolute atomic E-state index is 13.4. The van der Waals surface area contributed by atoms with Crippen LogP contribution in [0.5, 0.6) is 0 Å². The summed E-state index contributed by atoms with van der Waals surface area (Å²) < 4.78 is 13.4. The minimum Gasteiger partial charge on any atom is -0.292 e. The van der Waals surface area contributed by atoms with E-state index in [9.17, 15) is 9.18 Å². The molecule has 1 aromatic carbocycles. The van der Waals surface area contributed by atoms with Gasteiger partial charge in [0.25, 0.3) is 0 Å². The van der Waals surface area contributed by atoms with Crippen LogP contribution in [0.1, 0.15) is 16.1 Å². The average Bonchev–Trinajstić information content (AvgIpc) is 2.33. The number of pyridine rings is 1. The standard InChI is InChI=1S/C13H8Cl2FNO/c14-9-4-3-8(10(15)7-9)6-12(18)13-11(16)2-1-5-17-13/h1-5,7H,6H2. The second-order valence-electron chi connectivity index (χ2n) is 3.67. The lowest BCUT2D eigenvalue weighted by molar-refractivity contribution is 0.0984. The molecule has 0 aliphatic rings. The van der Waals surface area contributed by atoms with Crippen molar-refractivity contribution in [3.8, 4) is 0 Å². The van der Waals surface area contributed by atoms with Crippen LogP contribution >= 0.6 is 23.2 Å². The second-order valence-corrected chi connectivity index (χ2v) is 4.51. The summed E-state index contributed by atoms with van der Waals surface area (Å²) >= 11 is 11.7. The molecule has 0 aliphatic carbocycles. The Hall–Kier alpha value is -1.45. The van der Waals surface area contributed by atoms with Gasteiger partial charge in [-0.1, -0.05) is 29.3 Å². The normalized spacial score (nSPS) is 10.4. The second kappa shape index (κ2) is 5.46. The lowest BCUT2D eigenvalue weighted by Gasteiger charge is -2.04. The first kappa shape index (κ1) is 13.0. The molecule has 2 rings (SSSR count). The Bertz CT molecular complexity index is 601. The first-order valence-corrected chi connectivity index (χ1v) is 5.91. The molecule has 0 saturated carbocycles. The molecule has 18 heavy (non-hydrogen) atoms. The molecule has 0 atom stereocenters. The molecule has 1 aromatic heterocycles. The van der Waals surface area contributed by atoms with Crippen molar-refractivity contribution < 1.29 is 9.18 Å². The minimum atomic E-state index is -0.632. The number of rotatable bonds is 3. The summed E-state index contributed by atoms with van der Waals surface area (Å²) in [6.45, 7) is 0. The predicted molar refractivity (Wildman–Crippen MR) is 68.7 cm³/mol. The number of hydrogen-bond acceptors (Lipinski definition) is 2. The first-order valence-electron chi connectivity index (χ1n) is 5.15. The maximum Gasteiger partial charge on any atom is 0.188 e. The highest BCUT2D eigenvalue weighted by Crippen LogP contribution is 2.22. The van der Waals surface area contributed by atoms with Crippen LogP contribution in [-0.4, -0.2) is 10.8 Å². The summed E-state index contributed by atoms with van der Waals surface area (Å²) in [4.78, 5) is 15.6. The molecule has 1 heterocycles. The smallest absolute Gasteiger partial charge is 0.188 e. The quantitative estimate of drug-likeness (QED) is 0.799. The molecule has 0 fully saturated rings. The Balaban J connectivity index is 2.24. The molecule has 5 heteroatoms. The van der Waals surface area contributed by atoms with E-state index in [1.807, 2.05) is 0 Å². The molecule has 0 bridgehead atoms. The minimum absolute atomic E-state index is 0.00998. The fourth-order valence-corrected chi connectivity index (χ4v) is 1.99. The third-order valence-corrected chi connectivity index (χ3v) is 2.98. The van der Waals surface area contributed by atoms with Gasteiger partial charge >= 0.3 is 0 Å². The fourth-order valence-electron chi connectivity index (χ4n) is 1.51. The molecule has 0 aliphatic heterocycles.